The molecule has 0 bridgehead atoms. The van der Waals surface area contributed by atoms with Crippen LogP contribution in [-0.2, 0) is 32.6 Å². The van der Waals surface area contributed by atoms with E-state index in [0.717, 1.165) is 16.1 Å². The van der Waals surface area contributed by atoms with E-state index in [1.165, 1.54) is 31.3 Å². The highest BCUT2D eigenvalue weighted by molar-refractivity contribution is 7.92. The molecule has 0 unspecified atom stereocenters. The number of rotatable bonds is 14. The SMILES string of the molecule is CC[C@@H](C)NC(=O)[C@H](Cc1ccccc1)N(Cc1ccccc1Cl)C(=O)CN(c1ccc(OC)c(OC)c1)S(C)(=O)=O. The first-order valence-electron chi connectivity index (χ1n) is 13.5. The Morgan fingerprint density at radius 3 is 2.19 bits per heavy atom. The molecule has 0 radical (unpaired) electrons. The summed E-state index contributed by atoms with van der Waals surface area (Å²) in [6.45, 7) is 3.28. The monoisotopic (exact) mass is 615 g/mol. The summed E-state index contributed by atoms with van der Waals surface area (Å²) < 4.78 is 37.7. The van der Waals surface area contributed by atoms with Gasteiger partial charge < -0.3 is 19.7 Å². The Morgan fingerprint density at radius 1 is 0.952 bits per heavy atom. The number of halogens is 1. The number of amides is 2. The third kappa shape index (κ3) is 8.62. The van der Waals surface area contributed by atoms with Gasteiger partial charge in [0, 0.05) is 30.1 Å². The molecule has 3 aromatic carbocycles. The lowest BCUT2D eigenvalue weighted by atomic mass is 10.0. The number of nitrogens with one attached hydrogen (secondary N) is 1. The van der Waals surface area contributed by atoms with Crippen molar-refractivity contribution < 1.29 is 27.5 Å². The molecule has 0 aromatic heterocycles. The predicted molar refractivity (Wildman–Crippen MR) is 166 cm³/mol. The summed E-state index contributed by atoms with van der Waals surface area (Å²) in [7, 11) is -1.03. The van der Waals surface area contributed by atoms with Gasteiger partial charge in [0.2, 0.25) is 21.8 Å². The van der Waals surface area contributed by atoms with Crippen molar-refractivity contribution in [3.8, 4) is 11.5 Å². The van der Waals surface area contributed by atoms with Gasteiger partial charge in [-0.05, 0) is 42.7 Å². The number of hydrogen-bond donors (Lipinski definition) is 1. The van der Waals surface area contributed by atoms with Crippen molar-refractivity contribution in [1.82, 2.24) is 10.2 Å². The highest BCUT2D eigenvalue weighted by Crippen LogP contribution is 2.32. The first-order chi connectivity index (χ1) is 20.0. The smallest absolute Gasteiger partial charge is 0.244 e. The number of methoxy groups -OCH3 is 2. The van der Waals surface area contributed by atoms with Crippen LogP contribution in [0.4, 0.5) is 5.69 Å². The summed E-state index contributed by atoms with van der Waals surface area (Å²) in [6, 6.07) is 19.9. The van der Waals surface area contributed by atoms with Crippen LogP contribution in [0.2, 0.25) is 5.02 Å². The Balaban J connectivity index is 2.09. The van der Waals surface area contributed by atoms with Crippen molar-refractivity contribution in [3.63, 3.8) is 0 Å². The second-order valence-electron chi connectivity index (χ2n) is 9.95. The summed E-state index contributed by atoms with van der Waals surface area (Å²) in [4.78, 5) is 29.4. The molecular formula is C31H38ClN3O6S. The molecule has 0 aliphatic heterocycles. The van der Waals surface area contributed by atoms with E-state index >= 15 is 0 Å². The van der Waals surface area contributed by atoms with Gasteiger partial charge in [-0.25, -0.2) is 8.42 Å². The molecular weight excluding hydrogens is 578 g/mol. The number of carbonyl (C=O) groups excluding carboxylic acids is 2. The van der Waals surface area contributed by atoms with Crippen LogP contribution in [0.5, 0.6) is 11.5 Å². The average Bonchev–Trinajstić information content (AvgIpc) is 2.97. The fourth-order valence-corrected chi connectivity index (χ4v) is 5.44. The van der Waals surface area contributed by atoms with Crippen molar-refractivity contribution in [3.05, 3.63) is 88.9 Å². The van der Waals surface area contributed by atoms with Gasteiger partial charge in [0.05, 0.1) is 26.2 Å². The van der Waals surface area contributed by atoms with E-state index in [1.807, 2.05) is 44.2 Å². The van der Waals surface area contributed by atoms with Crippen LogP contribution in [0.25, 0.3) is 0 Å². The molecule has 0 spiro atoms. The van der Waals surface area contributed by atoms with Crippen LogP contribution in [0.15, 0.2) is 72.8 Å². The number of carbonyl (C=O) groups is 2. The summed E-state index contributed by atoms with van der Waals surface area (Å²) in [5.74, 6) is -0.203. The molecule has 0 fully saturated rings. The Hall–Kier alpha value is -3.76. The van der Waals surface area contributed by atoms with Gasteiger partial charge in [-0.2, -0.15) is 0 Å². The summed E-state index contributed by atoms with van der Waals surface area (Å²) in [5.41, 5.74) is 1.68. The van der Waals surface area contributed by atoms with Crippen LogP contribution < -0.4 is 19.1 Å². The maximum absolute atomic E-state index is 14.2. The number of sulfonamides is 1. The van der Waals surface area contributed by atoms with Crippen molar-refractivity contribution in [2.45, 2.75) is 45.3 Å². The van der Waals surface area contributed by atoms with Crippen molar-refractivity contribution in [2.24, 2.45) is 0 Å². The average molecular weight is 616 g/mol. The number of anilines is 1. The minimum Gasteiger partial charge on any atom is -0.493 e. The van der Waals surface area contributed by atoms with Gasteiger partial charge in [0.25, 0.3) is 0 Å². The molecule has 11 heteroatoms. The van der Waals surface area contributed by atoms with Gasteiger partial charge in [0.1, 0.15) is 12.6 Å². The normalized spacial score (nSPS) is 12.6. The minimum atomic E-state index is -3.94. The van der Waals surface area contributed by atoms with Crippen LogP contribution in [-0.4, -0.2) is 64.2 Å². The van der Waals surface area contributed by atoms with Crippen LogP contribution in [0.3, 0.4) is 0 Å². The van der Waals surface area contributed by atoms with E-state index in [9.17, 15) is 18.0 Å². The lowest BCUT2D eigenvalue weighted by molar-refractivity contribution is -0.140. The van der Waals surface area contributed by atoms with E-state index in [1.54, 1.807) is 30.3 Å². The Morgan fingerprint density at radius 2 is 1.60 bits per heavy atom. The van der Waals surface area contributed by atoms with Gasteiger partial charge in [-0.1, -0.05) is 67.1 Å². The van der Waals surface area contributed by atoms with Crippen LogP contribution in [0, 0.1) is 0 Å². The zero-order valence-electron chi connectivity index (χ0n) is 24.5. The molecule has 2 amide bonds. The largest absolute Gasteiger partial charge is 0.493 e. The minimum absolute atomic E-state index is 0.00648. The number of nitrogens with zero attached hydrogens (tertiary/aromatic N) is 2. The van der Waals surface area contributed by atoms with Crippen LogP contribution >= 0.6 is 11.6 Å². The highest BCUT2D eigenvalue weighted by atomic mass is 35.5. The molecule has 0 aliphatic carbocycles. The maximum atomic E-state index is 14.2. The molecule has 9 nitrogen and oxygen atoms in total. The van der Waals surface area contributed by atoms with E-state index in [2.05, 4.69) is 5.32 Å². The molecule has 3 aromatic rings. The topological polar surface area (TPSA) is 105 Å². The van der Waals surface area contributed by atoms with Crippen molar-refractivity contribution in [2.75, 3.05) is 31.3 Å². The molecule has 1 N–H and O–H groups in total. The Bertz CT molecular complexity index is 1470. The fourth-order valence-electron chi connectivity index (χ4n) is 4.40. The standard InChI is InChI=1S/C31H38ClN3O6S/c1-6-22(2)33-31(37)27(18-23-12-8-7-9-13-23)34(20-24-14-10-11-15-26(24)32)30(36)21-35(42(5,38)39)25-16-17-28(40-3)29(19-25)41-4/h7-17,19,22,27H,6,18,20-21H2,1-5H3,(H,33,37)/t22-,27+/m1/s1. The Labute approximate surface area is 253 Å². The van der Waals surface area contributed by atoms with E-state index in [0.29, 0.717) is 28.5 Å². The Kier molecular flexibility index (Phi) is 11.6. The molecule has 0 heterocycles. The lowest BCUT2D eigenvalue weighted by Crippen LogP contribution is -2.54. The zero-order chi connectivity index (χ0) is 30.9. The molecule has 2 atom stereocenters. The highest BCUT2D eigenvalue weighted by Gasteiger charge is 2.34. The second-order valence-corrected chi connectivity index (χ2v) is 12.3. The van der Waals surface area contributed by atoms with E-state index in [-0.39, 0.29) is 30.6 Å². The third-order valence-corrected chi connectivity index (χ3v) is 8.41. The summed E-state index contributed by atoms with van der Waals surface area (Å²) in [5, 5.41) is 3.43. The maximum Gasteiger partial charge on any atom is 0.244 e. The van der Waals surface area contributed by atoms with Gasteiger partial charge >= 0.3 is 0 Å². The van der Waals surface area contributed by atoms with E-state index < -0.39 is 28.5 Å². The van der Waals surface area contributed by atoms with E-state index in [4.69, 9.17) is 21.1 Å². The molecule has 0 saturated carbocycles. The summed E-state index contributed by atoms with van der Waals surface area (Å²) >= 11 is 6.49. The molecule has 3 rings (SSSR count). The fraction of sp³-hybridized carbons (Fsp3) is 0.355. The molecule has 226 valence electrons. The third-order valence-electron chi connectivity index (χ3n) is 6.90. The lowest BCUT2D eigenvalue weighted by Gasteiger charge is -2.34. The molecule has 0 aliphatic rings. The van der Waals surface area contributed by atoms with Crippen LogP contribution in [0.1, 0.15) is 31.4 Å². The number of benzene rings is 3. The van der Waals surface area contributed by atoms with Crippen molar-refractivity contribution >= 4 is 39.1 Å². The zero-order valence-corrected chi connectivity index (χ0v) is 26.1. The van der Waals surface area contributed by atoms with Gasteiger partial charge in [-0.3, -0.25) is 13.9 Å². The predicted octanol–water partition coefficient (Wildman–Crippen LogP) is 4.68. The first kappa shape index (κ1) is 32.8. The number of hydrogen-bond acceptors (Lipinski definition) is 6. The second kappa shape index (κ2) is 14.9. The van der Waals surface area contributed by atoms with Gasteiger partial charge in [0.15, 0.2) is 11.5 Å². The summed E-state index contributed by atoms with van der Waals surface area (Å²) in [6.07, 6.45) is 1.93. The number of ether oxygens (including phenoxy) is 2. The first-order valence-corrected chi connectivity index (χ1v) is 15.8. The quantitative estimate of drug-likeness (QED) is 0.282. The van der Waals surface area contributed by atoms with Gasteiger partial charge in [-0.15, -0.1) is 0 Å². The molecule has 0 saturated heterocycles. The molecule has 42 heavy (non-hydrogen) atoms. The van der Waals surface area contributed by atoms with Crippen molar-refractivity contribution in [1.29, 1.82) is 0 Å².